The Morgan fingerprint density at radius 2 is 1.00 bits per heavy atom. The van der Waals surface area contributed by atoms with Crippen molar-refractivity contribution in [3.63, 3.8) is 0 Å². The first kappa shape index (κ1) is 28.2. The second-order valence-electron chi connectivity index (χ2n) is 11.5. The molecule has 0 fully saturated rings. The van der Waals surface area contributed by atoms with Gasteiger partial charge in [-0.15, -0.1) is 0 Å². The van der Waals surface area contributed by atoms with Gasteiger partial charge < -0.3 is 0 Å². The molecular formula is C42H30N4O. The summed E-state index contributed by atoms with van der Waals surface area (Å²) in [5.74, 6) is 0.673. The lowest BCUT2D eigenvalue weighted by atomic mass is 9.96. The van der Waals surface area contributed by atoms with Gasteiger partial charge in [-0.25, -0.2) is 14.8 Å². The van der Waals surface area contributed by atoms with Gasteiger partial charge in [0, 0.05) is 29.3 Å². The predicted octanol–water partition coefficient (Wildman–Crippen LogP) is 9.45. The molecule has 0 unspecified atom stereocenters. The van der Waals surface area contributed by atoms with Crippen LogP contribution in [0.5, 0.6) is 0 Å². The molecule has 8 rings (SSSR count). The summed E-state index contributed by atoms with van der Waals surface area (Å²) in [5.41, 5.74) is 11.5. The van der Waals surface area contributed by atoms with Crippen molar-refractivity contribution in [2.45, 2.75) is 0 Å². The number of aryl methyl sites for hydroxylation is 1. The number of fused-ring (bicyclic) bond motifs is 1. The SMILES string of the molecule is Cn1c(=O)n(-c2ccccc2)c2cccc(-c3ccc(-c4cc(-c5ccccc5-c5ccccc5)nc(-c5ccccc5)n4)cc3)c21. The number of benzene rings is 6. The Hall–Kier alpha value is -6.33. The van der Waals surface area contributed by atoms with Crippen LogP contribution in [0.3, 0.4) is 0 Å². The Labute approximate surface area is 272 Å². The van der Waals surface area contributed by atoms with Crippen molar-refractivity contribution in [1.82, 2.24) is 19.1 Å². The molecule has 6 aromatic carbocycles. The van der Waals surface area contributed by atoms with Gasteiger partial charge in [0.05, 0.1) is 28.1 Å². The highest BCUT2D eigenvalue weighted by atomic mass is 16.1. The Kier molecular flexibility index (Phi) is 7.12. The molecule has 0 aliphatic carbocycles. The molecule has 5 nitrogen and oxygen atoms in total. The highest BCUT2D eigenvalue weighted by Gasteiger charge is 2.17. The second-order valence-corrected chi connectivity index (χ2v) is 11.5. The Balaban J connectivity index is 1.25. The zero-order valence-corrected chi connectivity index (χ0v) is 25.8. The monoisotopic (exact) mass is 606 g/mol. The van der Waals surface area contributed by atoms with Crippen LogP contribution in [0.2, 0.25) is 0 Å². The molecular weight excluding hydrogens is 576 g/mol. The van der Waals surface area contributed by atoms with Crippen LogP contribution in [0.4, 0.5) is 0 Å². The van der Waals surface area contributed by atoms with Crippen LogP contribution in [0, 0.1) is 0 Å². The van der Waals surface area contributed by atoms with Gasteiger partial charge in [-0.2, -0.15) is 0 Å². The standard InChI is InChI=1S/C42H30N4O/c1-45-40-35(22-13-23-39(40)46(42(45)47)33-18-9-4-10-19-33)30-24-26-31(27-25-30)37-28-38(44-41(43-37)32-16-7-3-8-17-32)36-21-12-11-20-34(36)29-14-5-2-6-15-29/h2-28H,1H3. The minimum Gasteiger partial charge on any atom is -0.294 e. The van der Waals surface area contributed by atoms with E-state index in [-0.39, 0.29) is 5.69 Å². The van der Waals surface area contributed by atoms with E-state index in [4.69, 9.17) is 9.97 Å². The van der Waals surface area contributed by atoms with Crippen molar-refractivity contribution in [1.29, 1.82) is 0 Å². The molecule has 0 aliphatic rings. The lowest BCUT2D eigenvalue weighted by Crippen LogP contribution is -2.20. The number of hydrogen-bond donors (Lipinski definition) is 0. The molecule has 2 aromatic heterocycles. The summed E-state index contributed by atoms with van der Waals surface area (Å²) >= 11 is 0. The van der Waals surface area contributed by atoms with E-state index in [0.29, 0.717) is 5.82 Å². The van der Waals surface area contributed by atoms with Gasteiger partial charge in [0.15, 0.2) is 5.82 Å². The quantitative estimate of drug-likeness (QED) is 0.189. The van der Waals surface area contributed by atoms with E-state index in [0.717, 1.165) is 67.1 Å². The summed E-state index contributed by atoms with van der Waals surface area (Å²) in [6.07, 6.45) is 0. The Bertz CT molecular complexity index is 2410. The minimum atomic E-state index is -0.0759. The molecule has 0 saturated carbocycles. The maximum Gasteiger partial charge on any atom is 0.333 e. The zero-order chi connectivity index (χ0) is 31.7. The maximum atomic E-state index is 13.4. The lowest BCUT2D eigenvalue weighted by molar-refractivity contribution is 0.847. The van der Waals surface area contributed by atoms with Crippen LogP contribution in [-0.4, -0.2) is 19.1 Å². The fraction of sp³-hybridized carbons (Fsp3) is 0.0238. The largest absolute Gasteiger partial charge is 0.333 e. The van der Waals surface area contributed by atoms with Gasteiger partial charge in [-0.3, -0.25) is 9.13 Å². The molecule has 0 aliphatic heterocycles. The number of para-hydroxylation sites is 2. The number of hydrogen-bond acceptors (Lipinski definition) is 3. The molecule has 0 saturated heterocycles. The van der Waals surface area contributed by atoms with Crippen LogP contribution >= 0.6 is 0 Å². The number of imidazole rings is 1. The van der Waals surface area contributed by atoms with E-state index in [1.165, 1.54) is 0 Å². The molecule has 0 atom stereocenters. The van der Waals surface area contributed by atoms with Crippen LogP contribution in [0.15, 0.2) is 169 Å². The summed E-state index contributed by atoms with van der Waals surface area (Å²) < 4.78 is 3.51. The zero-order valence-electron chi connectivity index (χ0n) is 25.8. The van der Waals surface area contributed by atoms with E-state index in [9.17, 15) is 4.79 Å². The fourth-order valence-electron chi connectivity index (χ4n) is 6.32. The average Bonchev–Trinajstić information content (AvgIpc) is 3.41. The number of rotatable bonds is 6. The van der Waals surface area contributed by atoms with Gasteiger partial charge in [-0.05, 0) is 41.0 Å². The van der Waals surface area contributed by atoms with Gasteiger partial charge in [-0.1, -0.05) is 140 Å². The summed E-state index contributed by atoms with van der Waals surface area (Å²) in [6.45, 7) is 0. The molecule has 2 heterocycles. The molecule has 5 heteroatoms. The minimum absolute atomic E-state index is 0.0759. The lowest BCUT2D eigenvalue weighted by Gasteiger charge is -2.13. The van der Waals surface area contributed by atoms with Gasteiger partial charge in [0.1, 0.15) is 0 Å². The number of aromatic nitrogens is 4. The molecule has 0 spiro atoms. The Morgan fingerprint density at radius 3 is 1.70 bits per heavy atom. The van der Waals surface area contributed by atoms with Crippen LogP contribution in [0.1, 0.15) is 0 Å². The topological polar surface area (TPSA) is 52.7 Å². The summed E-state index contributed by atoms with van der Waals surface area (Å²) in [7, 11) is 1.84. The van der Waals surface area contributed by atoms with E-state index >= 15 is 0 Å². The van der Waals surface area contributed by atoms with Crippen LogP contribution in [-0.2, 0) is 7.05 Å². The van der Waals surface area contributed by atoms with Crippen molar-refractivity contribution < 1.29 is 0 Å². The van der Waals surface area contributed by atoms with Crippen molar-refractivity contribution in [3.8, 4) is 61.8 Å². The van der Waals surface area contributed by atoms with E-state index in [1.807, 2.05) is 85.9 Å². The van der Waals surface area contributed by atoms with Crippen molar-refractivity contribution in [2.75, 3.05) is 0 Å². The highest BCUT2D eigenvalue weighted by molar-refractivity contribution is 5.94. The van der Waals surface area contributed by atoms with Gasteiger partial charge >= 0.3 is 5.69 Å². The molecule has 0 radical (unpaired) electrons. The van der Waals surface area contributed by atoms with E-state index < -0.39 is 0 Å². The van der Waals surface area contributed by atoms with Crippen LogP contribution < -0.4 is 5.69 Å². The van der Waals surface area contributed by atoms with Crippen LogP contribution in [0.25, 0.3) is 72.9 Å². The molecule has 0 N–H and O–H groups in total. The fourth-order valence-corrected chi connectivity index (χ4v) is 6.32. The normalized spacial score (nSPS) is 11.2. The third kappa shape index (κ3) is 5.14. The molecule has 8 aromatic rings. The molecule has 47 heavy (non-hydrogen) atoms. The molecule has 0 amide bonds. The number of nitrogens with zero attached hydrogens (tertiary/aromatic N) is 4. The third-order valence-electron chi connectivity index (χ3n) is 8.62. The summed E-state index contributed by atoms with van der Waals surface area (Å²) in [4.78, 5) is 23.6. The summed E-state index contributed by atoms with van der Waals surface area (Å²) in [5, 5.41) is 0. The van der Waals surface area contributed by atoms with Crippen molar-refractivity contribution >= 4 is 11.0 Å². The smallest absolute Gasteiger partial charge is 0.294 e. The predicted molar refractivity (Wildman–Crippen MR) is 191 cm³/mol. The molecule has 0 bridgehead atoms. The first-order valence-corrected chi connectivity index (χ1v) is 15.6. The first-order chi connectivity index (χ1) is 23.2. The highest BCUT2D eigenvalue weighted by Crippen LogP contribution is 2.35. The maximum absolute atomic E-state index is 13.4. The van der Waals surface area contributed by atoms with Gasteiger partial charge in [0.25, 0.3) is 0 Å². The van der Waals surface area contributed by atoms with E-state index in [2.05, 4.69) is 84.9 Å². The van der Waals surface area contributed by atoms with Crippen molar-refractivity contribution in [2.24, 2.45) is 7.05 Å². The van der Waals surface area contributed by atoms with Crippen molar-refractivity contribution in [3.05, 3.63) is 174 Å². The van der Waals surface area contributed by atoms with Gasteiger partial charge in [0.2, 0.25) is 0 Å². The average molecular weight is 607 g/mol. The second kappa shape index (κ2) is 11.9. The third-order valence-corrected chi connectivity index (χ3v) is 8.62. The Morgan fingerprint density at radius 1 is 0.468 bits per heavy atom. The van der Waals surface area contributed by atoms with E-state index in [1.54, 1.807) is 9.13 Å². The molecule has 224 valence electrons. The first-order valence-electron chi connectivity index (χ1n) is 15.6. The summed E-state index contributed by atoms with van der Waals surface area (Å²) in [6, 6.07) is 55.3.